The van der Waals surface area contributed by atoms with Crippen LogP contribution in [0, 0.1) is 5.92 Å². The standard InChI is InChI=1S/C17H26N2O2/c1-13(2)18-11-14-5-4-10-19(12-14)17(20)15-6-8-16(21-3)9-7-15/h6-9,13-14,18H,4-5,10-12H2,1-3H3. The Balaban J connectivity index is 1.94. The quantitative estimate of drug-likeness (QED) is 0.906. The molecule has 1 unspecified atom stereocenters. The molecule has 1 heterocycles. The van der Waals surface area contributed by atoms with Gasteiger partial charge in [-0.05, 0) is 49.6 Å². The first kappa shape index (κ1) is 15.8. The Morgan fingerprint density at radius 2 is 2.10 bits per heavy atom. The Hall–Kier alpha value is -1.55. The number of carbonyl (C=O) groups excluding carboxylic acids is 1. The topological polar surface area (TPSA) is 41.6 Å². The summed E-state index contributed by atoms with van der Waals surface area (Å²) in [6.07, 6.45) is 2.29. The second-order valence-electron chi connectivity index (χ2n) is 6.05. The molecule has 2 rings (SSSR count). The van der Waals surface area contributed by atoms with Gasteiger partial charge in [0.05, 0.1) is 7.11 Å². The summed E-state index contributed by atoms with van der Waals surface area (Å²) < 4.78 is 5.13. The first-order valence-electron chi connectivity index (χ1n) is 7.77. The van der Waals surface area contributed by atoms with E-state index in [1.54, 1.807) is 7.11 Å². The fraction of sp³-hybridized carbons (Fsp3) is 0.588. The molecule has 4 nitrogen and oxygen atoms in total. The lowest BCUT2D eigenvalue weighted by molar-refractivity contribution is 0.0672. The molecule has 0 aromatic heterocycles. The molecule has 0 aliphatic carbocycles. The third-order valence-electron chi connectivity index (χ3n) is 3.96. The highest BCUT2D eigenvalue weighted by Crippen LogP contribution is 2.19. The van der Waals surface area contributed by atoms with Gasteiger partial charge in [0.25, 0.3) is 5.91 Å². The van der Waals surface area contributed by atoms with Crippen molar-refractivity contribution in [2.24, 2.45) is 5.92 Å². The van der Waals surface area contributed by atoms with Crippen LogP contribution in [0.2, 0.25) is 0 Å². The van der Waals surface area contributed by atoms with E-state index in [-0.39, 0.29) is 5.91 Å². The molecular formula is C17H26N2O2. The van der Waals surface area contributed by atoms with Gasteiger partial charge < -0.3 is 15.0 Å². The van der Waals surface area contributed by atoms with Crippen LogP contribution in [0.25, 0.3) is 0 Å². The Bertz CT molecular complexity index is 456. The minimum atomic E-state index is 0.131. The molecule has 1 aliphatic heterocycles. The Kier molecular flexibility index (Phi) is 5.62. The molecule has 4 heteroatoms. The summed E-state index contributed by atoms with van der Waals surface area (Å²) >= 11 is 0. The molecule has 1 saturated heterocycles. The van der Waals surface area contributed by atoms with E-state index < -0.39 is 0 Å². The molecule has 1 aromatic rings. The molecule has 0 bridgehead atoms. The van der Waals surface area contributed by atoms with Crippen LogP contribution in [-0.4, -0.2) is 43.6 Å². The highest BCUT2D eigenvalue weighted by Gasteiger charge is 2.24. The van der Waals surface area contributed by atoms with Gasteiger partial charge >= 0.3 is 0 Å². The van der Waals surface area contributed by atoms with Crippen LogP contribution >= 0.6 is 0 Å². The summed E-state index contributed by atoms with van der Waals surface area (Å²) in [7, 11) is 1.63. The number of ether oxygens (including phenoxy) is 1. The summed E-state index contributed by atoms with van der Waals surface area (Å²) in [5, 5.41) is 3.48. The Morgan fingerprint density at radius 3 is 2.71 bits per heavy atom. The summed E-state index contributed by atoms with van der Waals surface area (Å²) in [6, 6.07) is 7.87. The number of methoxy groups -OCH3 is 1. The maximum atomic E-state index is 12.5. The average molecular weight is 290 g/mol. The molecule has 1 amide bonds. The van der Waals surface area contributed by atoms with Gasteiger partial charge in [-0.15, -0.1) is 0 Å². The van der Waals surface area contributed by atoms with Crippen LogP contribution in [0.5, 0.6) is 5.75 Å². The number of amides is 1. The zero-order chi connectivity index (χ0) is 15.2. The molecule has 0 radical (unpaired) electrons. The molecule has 1 atom stereocenters. The third-order valence-corrected chi connectivity index (χ3v) is 3.96. The second kappa shape index (κ2) is 7.46. The summed E-state index contributed by atoms with van der Waals surface area (Å²) in [6.45, 7) is 7.02. The highest BCUT2D eigenvalue weighted by molar-refractivity contribution is 5.94. The minimum Gasteiger partial charge on any atom is -0.497 e. The molecule has 1 fully saturated rings. The molecule has 0 saturated carbocycles. The van der Waals surface area contributed by atoms with Crippen LogP contribution in [0.15, 0.2) is 24.3 Å². The van der Waals surface area contributed by atoms with Gasteiger partial charge in [0, 0.05) is 24.7 Å². The number of carbonyl (C=O) groups is 1. The predicted octanol–water partition coefficient (Wildman–Crippen LogP) is 2.55. The van der Waals surface area contributed by atoms with Crippen LogP contribution in [0.4, 0.5) is 0 Å². The maximum Gasteiger partial charge on any atom is 0.253 e. The van der Waals surface area contributed by atoms with Crippen molar-refractivity contribution in [1.29, 1.82) is 0 Å². The molecule has 116 valence electrons. The predicted molar refractivity (Wildman–Crippen MR) is 84.8 cm³/mol. The van der Waals surface area contributed by atoms with Crippen molar-refractivity contribution >= 4 is 5.91 Å². The fourth-order valence-electron chi connectivity index (χ4n) is 2.73. The van der Waals surface area contributed by atoms with Gasteiger partial charge in [0.15, 0.2) is 0 Å². The largest absolute Gasteiger partial charge is 0.497 e. The van der Waals surface area contributed by atoms with Gasteiger partial charge in [-0.1, -0.05) is 13.8 Å². The normalized spacial score (nSPS) is 18.9. The van der Waals surface area contributed by atoms with E-state index in [1.165, 1.54) is 6.42 Å². The number of hydrogen-bond acceptors (Lipinski definition) is 3. The molecular weight excluding hydrogens is 264 g/mol. The molecule has 1 aliphatic rings. The number of benzene rings is 1. The Morgan fingerprint density at radius 1 is 1.38 bits per heavy atom. The van der Waals surface area contributed by atoms with Crippen molar-refractivity contribution in [2.75, 3.05) is 26.7 Å². The van der Waals surface area contributed by atoms with Gasteiger partial charge in [-0.2, -0.15) is 0 Å². The summed E-state index contributed by atoms with van der Waals surface area (Å²) in [5.74, 6) is 1.47. The molecule has 21 heavy (non-hydrogen) atoms. The van der Waals surface area contributed by atoms with E-state index in [2.05, 4.69) is 19.2 Å². The first-order chi connectivity index (χ1) is 10.1. The highest BCUT2D eigenvalue weighted by atomic mass is 16.5. The van der Waals surface area contributed by atoms with E-state index in [1.807, 2.05) is 29.2 Å². The van der Waals surface area contributed by atoms with Gasteiger partial charge in [-0.3, -0.25) is 4.79 Å². The van der Waals surface area contributed by atoms with Gasteiger partial charge in [0.1, 0.15) is 5.75 Å². The number of hydrogen-bond donors (Lipinski definition) is 1. The van der Waals surface area contributed by atoms with Crippen molar-refractivity contribution in [1.82, 2.24) is 10.2 Å². The van der Waals surface area contributed by atoms with Gasteiger partial charge in [-0.25, -0.2) is 0 Å². The zero-order valence-corrected chi connectivity index (χ0v) is 13.3. The van der Waals surface area contributed by atoms with E-state index in [4.69, 9.17) is 4.74 Å². The van der Waals surface area contributed by atoms with Crippen molar-refractivity contribution in [3.63, 3.8) is 0 Å². The van der Waals surface area contributed by atoms with Crippen molar-refractivity contribution in [2.45, 2.75) is 32.7 Å². The average Bonchev–Trinajstić information content (AvgIpc) is 2.52. The van der Waals surface area contributed by atoms with Crippen LogP contribution in [0.1, 0.15) is 37.0 Å². The lowest BCUT2D eigenvalue weighted by atomic mass is 9.97. The van der Waals surface area contributed by atoms with Crippen LogP contribution in [-0.2, 0) is 0 Å². The summed E-state index contributed by atoms with van der Waals surface area (Å²) in [4.78, 5) is 14.5. The monoisotopic (exact) mass is 290 g/mol. The Labute approximate surface area is 127 Å². The van der Waals surface area contributed by atoms with Crippen LogP contribution < -0.4 is 10.1 Å². The zero-order valence-electron chi connectivity index (χ0n) is 13.3. The number of rotatable bonds is 5. The van der Waals surface area contributed by atoms with E-state index >= 15 is 0 Å². The van der Waals surface area contributed by atoms with E-state index in [9.17, 15) is 4.79 Å². The van der Waals surface area contributed by atoms with Gasteiger partial charge in [0.2, 0.25) is 0 Å². The van der Waals surface area contributed by atoms with Crippen molar-refractivity contribution in [3.8, 4) is 5.75 Å². The summed E-state index contributed by atoms with van der Waals surface area (Å²) in [5.41, 5.74) is 0.744. The smallest absolute Gasteiger partial charge is 0.253 e. The maximum absolute atomic E-state index is 12.5. The second-order valence-corrected chi connectivity index (χ2v) is 6.05. The van der Waals surface area contributed by atoms with E-state index in [0.717, 1.165) is 37.4 Å². The SMILES string of the molecule is COc1ccc(C(=O)N2CCCC(CNC(C)C)C2)cc1. The van der Waals surface area contributed by atoms with Crippen molar-refractivity contribution in [3.05, 3.63) is 29.8 Å². The molecule has 1 aromatic carbocycles. The minimum absolute atomic E-state index is 0.131. The number of likely N-dealkylation sites (tertiary alicyclic amines) is 1. The van der Waals surface area contributed by atoms with Crippen LogP contribution in [0.3, 0.4) is 0 Å². The number of nitrogens with zero attached hydrogens (tertiary/aromatic N) is 1. The lowest BCUT2D eigenvalue weighted by Gasteiger charge is -2.33. The number of piperidine rings is 1. The lowest BCUT2D eigenvalue weighted by Crippen LogP contribution is -2.43. The molecule has 1 N–H and O–H groups in total. The van der Waals surface area contributed by atoms with Crippen molar-refractivity contribution < 1.29 is 9.53 Å². The van der Waals surface area contributed by atoms with E-state index in [0.29, 0.717) is 12.0 Å². The first-order valence-corrected chi connectivity index (χ1v) is 7.77. The molecule has 0 spiro atoms. The number of nitrogens with one attached hydrogen (secondary N) is 1. The fourth-order valence-corrected chi connectivity index (χ4v) is 2.73. The third kappa shape index (κ3) is 4.46.